The molecule has 0 aromatic heterocycles. The van der Waals surface area contributed by atoms with E-state index in [0.29, 0.717) is 30.3 Å². The molecule has 0 aliphatic carbocycles. The highest BCUT2D eigenvalue weighted by Crippen LogP contribution is 2.39. The Labute approximate surface area is 206 Å². The number of carbonyl (C=O) groups excluding carboxylic acids is 2. The van der Waals surface area contributed by atoms with E-state index in [-0.39, 0.29) is 11.3 Å². The van der Waals surface area contributed by atoms with Gasteiger partial charge in [0.15, 0.2) is 0 Å². The second-order valence-corrected chi connectivity index (χ2v) is 8.73. The molecule has 7 heteroatoms. The van der Waals surface area contributed by atoms with Gasteiger partial charge < -0.3 is 19.6 Å². The number of amides is 1. The lowest BCUT2D eigenvalue weighted by Crippen LogP contribution is -2.38. The van der Waals surface area contributed by atoms with Crippen LogP contribution in [0.2, 0.25) is 5.02 Å². The van der Waals surface area contributed by atoms with Gasteiger partial charge in [-0.2, -0.15) is 0 Å². The van der Waals surface area contributed by atoms with Crippen molar-refractivity contribution >= 4 is 29.1 Å². The zero-order valence-corrected chi connectivity index (χ0v) is 20.8. The molecule has 0 radical (unpaired) electrons. The highest BCUT2D eigenvalue weighted by atomic mass is 35.5. The molecule has 1 aliphatic rings. The Hall–Kier alpha value is -2.83. The lowest BCUT2D eigenvalue weighted by molar-refractivity contribution is -0.140. The number of halogens is 1. The summed E-state index contributed by atoms with van der Waals surface area (Å²) < 4.78 is 5.77. The van der Waals surface area contributed by atoms with E-state index in [1.807, 2.05) is 24.3 Å². The first-order valence-corrected chi connectivity index (χ1v) is 12.3. The van der Waals surface area contributed by atoms with Crippen molar-refractivity contribution in [1.29, 1.82) is 0 Å². The van der Waals surface area contributed by atoms with E-state index in [4.69, 9.17) is 16.3 Å². The molecule has 1 amide bonds. The van der Waals surface area contributed by atoms with E-state index in [0.717, 1.165) is 37.2 Å². The smallest absolute Gasteiger partial charge is 0.295 e. The van der Waals surface area contributed by atoms with Gasteiger partial charge >= 0.3 is 0 Å². The highest BCUT2D eigenvalue weighted by molar-refractivity contribution is 6.46. The number of ketones is 1. The van der Waals surface area contributed by atoms with Crippen LogP contribution in [0.4, 0.5) is 0 Å². The van der Waals surface area contributed by atoms with Crippen LogP contribution in [0.3, 0.4) is 0 Å². The predicted octanol–water partition coefficient (Wildman–Crippen LogP) is 5.28. The first kappa shape index (κ1) is 25.8. The Bertz CT molecular complexity index is 1010. The molecule has 1 fully saturated rings. The summed E-state index contributed by atoms with van der Waals surface area (Å²) >= 11 is 5.99. The largest absolute Gasteiger partial charge is 0.507 e. The van der Waals surface area contributed by atoms with Crippen LogP contribution in [0.25, 0.3) is 5.76 Å². The third-order valence-electron chi connectivity index (χ3n) is 6.17. The second-order valence-electron chi connectivity index (χ2n) is 8.30. The van der Waals surface area contributed by atoms with Crippen LogP contribution < -0.4 is 4.74 Å². The highest BCUT2D eigenvalue weighted by Gasteiger charge is 2.45. The van der Waals surface area contributed by atoms with Gasteiger partial charge in [0.2, 0.25) is 0 Å². The minimum absolute atomic E-state index is 0.0894. The van der Waals surface area contributed by atoms with Gasteiger partial charge in [0.25, 0.3) is 11.7 Å². The molecule has 2 aromatic carbocycles. The molecular formula is C27H33ClN2O4. The Morgan fingerprint density at radius 1 is 1.03 bits per heavy atom. The van der Waals surface area contributed by atoms with E-state index in [1.165, 1.54) is 0 Å². The van der Waals surface area contributed by atoms with Gasteiger partial charge in [-0.05, 0) is 61.5 Å². The number of carbonyl (C=O) groups is 2. The number of hydrogen-bond donors (Lipinski definition) is 1. The maximum atomic E-state index is 13.1. The average molecular weight is 485 g/mol. The number of benzene rings is 2. The van der Waals surface area contributed by atoms with E-state index in [1.54, 1.807) is 29.2 Å². The summed E-state index contributed by atoms with van der Waals surface area (Å²) in [6, 6.07) is 13.3. The molecule has 1 atom stereocenters. The molecule has 6 nitrogen and oxygen atoms in total. The van der Waals surface area contributed by atoms with Gasteiger partial charge in [-0.25, -0.2) is 0 Å². The van der Waals surface area contributed by atoms with Crippen LogP contribution in [0.15, 0.2) is 54.1 Å². The van der Waals surface area contributed by atoms with Crippen LogP contribution in [0.5, 0.6) is 5.75 Å². The summed E-state index contributed by atoms with van der Waals surface area (Å²) in [5.74, 6) is -0.750. The molecule has 1 unspecified atom stereocenters. The number of ether oxygens (including phenoxy) is 1. The lowest BCUT2D eigenvalue weighted by Gasteiger charge is -2.28. The molecule has 1 heterocycles. The average Bonchev–Trinajstić information content (AvgIpc) is 3.10. The minimum atomic E-state index is -0.684. The summed E-state index contributed by atoms with van der Waals surface area (Å²) in [6.45, 7) is 9.57. The molecular weight excluding hydrogens is 452 g/mol. The number of unbranched alkanes of at least 4 members (excludes halogenated alkanes) is 1. The topological polar surface area (TPSA) is 70.1 Å². The number of likely N-dealkylation sites (tertiary alicyclic amines) is 1. The second kappa shape index (κ2) is 12.0. The first-order chi connectivity index (χ1) is 16.4. The predicted molar refractivity (Wildman–Crippen MR) is 135 cm³/mol. The number of Topliss-reactive ketones (excluding diaryl/α,β-unsaturated/α-hetero) is 1. The van der Waals surface area contributed by atoms with E-state index in [9.17, 15) is 14.7 Å². The monoisotopic (exact) mass is 484 g/mol. The van der Waals surface area contributed by atoms with Gasteiger partial charge in [0, 0.05) is 23.7 Å². The molecule has 0 spiro atoms. The Kier molecular flexibility index (Phi) is 9.13. The van der Waals surface area contributed by atoms with Crippen LogP contribution in [-0.4, -0.2) is 59.4 Å². The van der Waals surface area contributed by atoms with Crippen molar-refractivity contribution in [2.45, 2.75) is 39.7 Å². The van der Waals surface area contributed by atoms with Crippen molar-refractivity contribution in [2.24, 2.45) is 0 Å². The van der Waals surface area contributed by atoms with Crippen LogP contribution >= 0.6 is 11.6 Å². The van der Waals surface area contributed by atoms with E-state index in [2.05, 4.69) is 25.7 Å². The van der Waals surface area contributed by atoms with Crippen molar-refractivity contribution in [3.63, 3.8) is 0 Å². The maximum absolute atomic E-state index is 13.1. The summed E-state index contributed by atoms with van der Waals surface area (Å²) in [5, 5.41) is 11.6. The van der Waals surface area contributed by atoms with Crippen molar-refractivity contribution in [1.82, 2.24) is 9.80 Å². The van der Waals surface area contributed by atoms with E-state index >= 15 is 0 Å². The standard InChI is InChI=1S/C27H33ClN2O4/c1-4-7-18-34-22-14-10-19(11-15-22)24-23(25(31)20-8-12-21(28)13-9-20)26(32)27(33)30(24)17-16-29(5-2)6-3/h8-15,24,31H,4-7,16-18H2,1-3H3/b25-23-. The zero-order chi connectivity index (χ0) is 24.7. The van der Waals surface area contributed by atoms with Gasteiger partial charge in [0.1, 0.15) is 11.5 Å². The summed E-state index contributed by atoms with van der Waals surface area (Å²) in [6.07, 6.45) is 2.01. The van der Waals surface area contributed by atoms with Gasteiger partial charge in [-0.1, -0.05) is 50.9 Å². The first-order valence-electron chi connectivity index (χ1n) is 11.9. The zero-order valence-electron chi connectivity index (χ0n) is 20.1. The summed E-state index contributed by atoms with van der Waals surface area (Å²) in [7, 11) is 0. The molecule has 1 saturated heterocycles. The number of aliphatic hydroxyl groups excluding tert-OH is 1. The van der Waals surface area contributed by atoms with Crippen molar-refractivity contribution in [3.05, 3.63) is 70.3 Å². The van der Waals surface area contributed by atoms with Crippen LogP contribution in [0, 0.1) is 0 Å². The Morgan fingerprint density at radius 3 is 2.26 bits per heavy atom. The third-order valence-corrected chi connectivity index (χ3v) is 6.42. The Morgan fingerprint density at radius 2 is 1.68 bits per heavy atom. The molecule has 182 valence electrons. The normalized spacial score (nSPS) is 17.6. The van der Waals surface area contributed by atoms with Gasteiger partial charge in [0.05, 0.1) is 18.2 Å². The van der Waals surface area contributed by atoms with Crippen molar-refractivity contribution in [2.75, 3.05) is 32.8 Å². The fraction of sp³-hybridized carbons (Fsp3) is 0.407. The van der Waals surface area contributed by atoms with Crippen molar-refractivity contribution in [3.8, 4) is 5.75 Å². The van der Waals surface area contributed by atoms with Crippen LogP contribution in [0.1, 0.15) is 50.8 Å². The molecule has 1 aliphatic heterocycles. The van der Waals surface area contributed by atoms with Gasteiger partial charge in [-0.3, -0.25) is 9.59 Å². The minimum Gasteiger partial charge on any atom is -0.507 e. The molecule has 34 heavy (non-hydrogen) atoms. The fourth-order valence-electron chi connectivity index (χ4n) is 4.09. The third kappa shape index (κ3) is 5.80. The number of aliphatic hydroxyl groups is 1. The SMILES string of the molecule is CCCCOc1ccc(C2/C(=C(/O)c3ccc(Cl)cc3)C(=O)C(=O)N2CCN(CC)CC)cc1. The number of rotatable bonds is 11. The molecule has 3 rings (SSSR count). The Balaban J connectivity index is 2.01. The molecule has 1 N–H and O–H groups in total. The summed E-state index contributed by atoms with van der Waals surface area (Å²) in [4.78, 5) is 30.0. The van der Waals surface area contributed by atoms with Crippen LogP contribution in [-0.2, 0) is 9.59 Å². The molecule has 0 bridgehead atoms. The van der Waals surface area contributed by atoms with E-state index < -0.39 is 17.7 Å². The van der Waals surface area contributed by atoms with Crippen molar-refractivity contribution < 1.29 is 19.4 Å². The lowest BCUT2D eigenvalue weighted by atomic mass is 9.95. The number of hydrogen-bond acceptors (Lipinski definition) is 5. The molecule has 0 saturated carbocycles. The number of nitrogens with zero attached hydrogens (tertiary/aromatic N) is 2. The quantitative estimate of drug-likeness (QED) is 0.203. The number of likely N-dealkylation sites (N-methyl/N-ethyl adjacent to an activating group) is 1. The van der Waals surface area contributed by atoms with Gasteiger partial charge in [-0.15, -0.1) is 0 Å². The summed E-state index contributed by atoms with van der Waals surface area (Å²) in [5.41, 5.74) is 1.28. The molecule has 2 aromatic rings. The maximum Gasteiger partial charge on any atom is 0.295 e. The fourth-order valence-corrected chi connectivity index (χ4v) is 4.22.